The van der Waals surface area contributed by atoms with E-state index in [9.17, 15) is 0 Å². The van der Waals surface area contributed by atoms with Crippen LogP contribution in [0.5, 0.6) is 5.75 Å². The number of nitrogens with zero attached hydrogens (tertiary/aromatic N) is 2. The normalized spacial score (nSPS) is 15.1. The predicted octanol–water partition coefficient (Wildman–Crippen LogP) is 8.34. The predicted molar refractivity (Wildman–Crippen MR) is 139 cm³/mol. The zero-order chi connectivity index (χ0) is 22.3. The van der Waals surface area contributed by atoms with Gasteiger partial charge in [-0.05, 0) is 75.9 Å². The minimum Gasteiger partial charge on any atom is -0.437 e. The summed E-state index contributed by atoms with van der Waals surface area (Å²) in [6, 6.07) is 8.17. The Balaban J connectivity index is 1.79. The van der Waals surface area contributed by atoms with Gasteiger partial charge in [-0.3, -0.25) is 0 Å². The topological polar surface area (TPSA) is 29.5 Å². The Bertz CT molecular complexity index is 1230. The minimum atomic E-state index is 0.805. The monoisotopic (exact) mass is 673 g/mol. The number of aromatic nitrogens is 1. The highest BCUT2D eigenvalue weighted by Crippen LogP contribution is 2.46. The Labute approximate surface area is 215 Å². The molecule has 1 aromatic heterocycles. The molecule has 0 fully saturated rings. The second-order valence-corrected chi connectivity index (χ2v) is 10.6. The molecule has 0 amide bonds. The summed E-state index contributed by atoms with van der Waals surface area (Å²) >= 11 is 14.4. The van der Waals surface area contributed by atoms with E-state index in [-0.39, 0.29) is 0 Å². The van der Waals surface area contributed by atoms with Gasteiger partial charge in [0.2, 0.25) is 11.5 Å². The van der Waals surface area contributed by atoms with Gasteiger partial charge in [-0.25, -0.2) is 0 Å². The van der Waals surface area contributed by atoms with Crippen molar-refractivity contribution in [2.75, 3.05) is 11.4 Å². The number of anilines is 1. The molecule has 0 unspecified atom stereocenters. The van der Waals surface area contributed by atoms with Crippen LogP contribution in [0.4, 0.5) is 5.69 Å². The lowest BCUT2D eigenvalue weighted by Gasteiger charge is -2.16. The Morgan fingerprint density at radius 3 is 2.39 bits per heavy atom. The smallest absolute Gasteiger partial charge is 0.374 e. The number of benzene rings is 2. The number of oxazole rings is 1. The summed E-state index contributed by atoms with van der Waals surface area (Å²) in [6.07, 6.45) is 5.04. The van der Waals surface area contributed by atoms with Gasteiger partial charge in [-0.1, -0.05) is 38.8 Å². The van der Waals surface area contributed by atoms with Crippen LogP contribution in [-0.2, 0) is 6.54 Å². The van der Waals surface area contributed by atoms with Crippen LogP contribution >= 0.6 is 63.7 Å². The molecule has 2 aromatic carbocycles. The van der Waals surface area contributed by atoms with Crippen LogP contribution in [-0.4, -0.2) is 6.54 Å². The van der Waals surface area contributed by atoms with E-state index in [1.165, 1.54) is 0 Å². The Morgan fingerprint density at radius 1 is 1.00 bits per heavy atom. The van der Waals surface area contributed by atoms with Crippen molar-refractivity contribution in [2.45, 2.75) is 33.7 Å². The van der Waals surface area contributed by atoms with Gasteiger partial charge in [0.15, 0.2) is 5.75 Å². The van der Waals surface area contributed by atoms with Crippen molar-refractivity contribution >= 4 is 86.6 Å². The van der Waals surface area contributed by atoms with E-state index in [0.29, 0.717) is 0 Å². The molecule has 4 rings (SSSR count). The fourth-order valence-electron chi connectivity index (χ4n) is 3.68. The van der Waals surface area contributed by atoms with Crippen molar-refractivity contribution < 1.29 is 13.7 Å². The quantitative estimate of drug-likeness (QED) is 0.255. The first-order chi connectivity index (χ1) is 14.9. The van der Waals surface area contributed by atoms with Gasteiger partial charge in [-0.15, -0.1) is 0 Å². The van der Waals surface area contributed by atoms with Crippen LogP contribution in [0.2, 0.25) is 0 Å². The Hall–Kier alpha value is -1.09. The van der Waals surface area contributed by atoms with Gasteiger partial charge in [0.1, 0.15) is 6.54 Å². The number of hydrogen-bond donors (Lipinski definition) is 0. The van der Waals surface area contributed by atoms with Gasteiger partial charge >= 0.3 is 5.89 Å². The minimum absolute atomic E-state index is 0.805. The lowest BCUT2D eigenvalue weighted by atomic mass is 10.2. The van der Waals surface area contributed by atoms with E-state index >= 15 is 0 Å². The van der Waals surface area contributed by atoms with Gasteiger partial charge in [-0.2, -0.15) is 4.57 Å². The summed E-state index contributed by atoms with van der Waals surface area (Å²) in [7, 11) is 0. The van der Waals surface area contributed by atoms with E-state index < -0.39 is 0 Å². The molecule has 4 nitrogen and oxygen atoms in total. The summed E-state index contributed by atoms with van der Waals surface area (Å²) in [6.45, 7) is 7.99. The first-order valence-corrected chi connectivity index (χ1v) is 13.2. The van der Waals surface area contributed by atoms with Gasteiger partial charge in [0, 0.05) is 27.6 Å². The number of fused-ring (bicyclic) bond motifs is 2. The number of hydrogen-bond acceptors (Lipinski definition) is 3. The molecule has 0 saturated carbocycles. The summed E-state index contributed by atoms with van der Waals surface area (Å²) in [5.41, 5.74) is 4.05. The molecule has 0 spiro atoms. The van der Waals surface area contributed by atoms with Crippen LogP contribution in [0.15, 0.2) is 64.1 Å². The first kappa shape index (κ1) is 23.1. The maximum atomic E-state index is 6.24. The molecule has 162 valence electrons. The van der Waals surface area contributed by atoms with Crippen LogP contribution in [0, 0.1) is 0 Å². The molecule has 0 atom stereocenters. The molecule has 3 aromatic rings. The maximum Gasteiger partial charge on any atom is 0.374 e. The van der Waals surface area contributed by atoms with Crippen LogP contribution in [0.3, 0.4) is 0 Å². The fraction of sp³-hybridized carbons (Fsp3) is 0.261. The lowest BCUT2D eigenvalue weighted by molar-refractivity contribution is -0.674. The van der Waals surface area contributed by atoms with Gasteiger partial charge in [0.05, 0.1) is 20.7 Å². The zero-order valence-electron chi connectivity index (χ0n) is 17.3. The third kappa shape index (κ3) is 4.41. The summed E-state index contributed by atoms with van der Waals surface area (Å²) in [5, 5.41) is 0. The van der Waals surface area contributed by atoms with Crippen molar-refractivity contribution in [1.82, 2.24) is 0 Å². The molecule has 1 aliphatic rings. The molecule has 1 aliphatic heterocycles. The summed E-state index contributed by atoms with van der Waals surface area (Å²) < 4.78 is 18.5. The number of allylic oxidation sites excluding steroid dienone is 2. The maximum absolute atomic E-state index is 6.24. The Morgan fingerprint density at radius 2 is 1.71 bits per heavy atom. The molecule has 0 N–H and O–H groups in total. The molecule has 8 heteroatoms. The molecule has 0 saturated heterocycles. The Kier molecular flexibility index (Phi) is 7.01. The average molecular weight is 677 g/mol. The summed E-state index contributed by atoms with van der Waals surface area (Å²) in [5.74, 6) is 2.47. The molecule has 0 bridgehead atoms. The first-order valence-electron chi connectivity index (χ1n) is 10.0. The van der Waals surface area contributed by atoms with Crippen molar-refractivity contribution in [2.24, 2.45) is 0 Å². The van der Waals surface area contributed by atoms with Crippen molar-refractivity contribution in [3.05, 3.63) is 65.6 Å². The second kappa shape index (κ2) is 9.41. The fourth-order valence-corrected chi connectivity index (χ4v) is 6.25. The van der Waals surface area contributed by atoms with Crippen LogP contribution in [0.25, 0.3) is 17.2 Å². The largest absolute Gasteiger partial charge is 0.437 e. The number of rotatable bonds is 5. The lowest BCUT2D eigenvalue weighted by Crippen LogP contribution is -2.33. The number of halogens is 4. The molecule has 31 heavy (non-hydrogen) atoms. The van der Waals surface area contributed by atoms with Gasteiger partial charge < -0.3 is 14.1 Å². The van der Waals surface area contributed by atoms with E-state index in [1.807, 2.05) is 12.1 Å². The highest BCUT2D eigenvalue weighted by atomic mass is 79.9. The number of ether oxygens (including phenoxy) is 1. The van der Waals surface area contributed by atoms with E-state index in [0.717, 1.165) is 77.3 Å². The highest BCUT2D eigenvalue weighted by molar-refractivity contribution is 9.11. The molecular formula is C23H21Br4N2O2+. The molecule has 0 radical (unpaired) electrons. The standard InChI is InChI=1S/C23H21Br4N2O2/c1-4-13(7-20-28(5-2)18-11-14(24)9-16(26)22(18)30-20)8-21-29(6-3)19-12-15(25)10-17(27)23(19)31-21/h7-12H,4-6H2,1-3H3/q+1. The highest BCUT2D eigenvalue weighted by Gasteiger charge is 2.28. The van der Waals surface area contributed by atoms with E-state index in [1.54, 1.807) is 0 Å². The van der Waals surface area contributed by atoms with Gasteiger partial charge in [0.25, 0.3) is 5.52 Å². The SMILES string of the molecule is CCC(=Cc1oc2c(Br)cc(Br)cc2[n+]1CC)C=C1Oc2c(Br)cc(Br)cc2N1CC. The van der Waals surface area contributed by atoms with E-state index in [4.69, 9.17) is 9.15 Å². The average Bonchev–Trinajstić information content (AvgIpc) is 3.24. The third-order valence-corrected chi connectivity index (χ3v) is 7.26. The number of aryl methyl sites for hydroxylation is 1. The second-order valence-electron chi connectivity index (χ2n) is 7.06. The van der Waals surface area contributed by atoms with Crippen molar-refractivity contribution in [1.29, 1.82) is 0 Å². The third-order valence-electron chi connectivity index (χ3n) is 5.16. The van der Waals surface area contributed by atoms with Crippen LogP contribution in [0.1, 0.15) is 33.1 Å². The van der Waals surface area contributed by atoms with Crippen molar-refractivity contribution in [3.63, 3.8) is 0 Å². The summed E-state index contributed by atoms with van der Waals surface area (Å²) in [4.78, 5) is 2.18. The van der Waals surface area contributed by atoms with Crippen LogP contribution < -0.4 is 14.2 Å². The van der Waals surface area contributed by atoms with Crippen molar-refractivity contribution in [3.8, 4) is 5.75 Å². The van der Waals surface area contributed by atoms with E-state index in [2.05, 4.69) is 118 Å². The molecule has 0 aliphatic carbocycles. The molecule has 2 heterocycles. The zero-order valence-corrected chi connectivity index (χ0v) is 23.7. The molecular weight excluding hydrogens is 656 g/mol.